The Kier molecular flexibility index (Phi) is 5.38. The van der Waals surface area contributed by atoms with E-state index in [1.807, 2.05) is 0 Å². The Balaban J connectivity index is 1.81. The van der Waals surface area contributed by atoms with E-state index in [4.69, 9.17) is 4.74 Å². The van der Waals surface area contributed by atoms with Gasteiger partial charge in [0, 0.05) is 34.9 Å². The van der Waals surface area contributed by atoms with Crippen LogP contribution < -0.4 is 4.74 Å². The molecule has 0 fully saturated rings. The van der Waals surface area contributed by atoms with Gasteiger partial charge < -0.3 is 9.30 Å². The lowest BCUT2D eigenvalue weighted by Gasteiger charge is -2.12. The summed E-state index contributed by atoms with van der Waals surface area (Å²) in [7, 11) is 1.75. The minimum Gasteiger partial charge on any atom is -0.496 e. The second kappa shape index (κ2) is 8.10. The van der Waals surface area contributed by atoms with Crippen LogP contribution in [0.2, 0.25) is 0 Å². The number of benzene rings is 3. The number of ether oxygens (including phenoxy) is 1. The number of aryl methyl sites for hydroxylation is 1. The topological polar surface area (TPSA) is 14.2 Å². The monoisotopic (exact) mass is 371 g/mol. The van der Waals surface area contributed by atoms with Gasteiger partial charge in [-0.15, -0.1) is 0 Å². The van der Waals surface area contributed by atoms with Gasteiger partial charge in [0.15, 0.2) is 0 Å². The van der Waals surface area contributed by atoms with Crippen molar-refractivity contribution in [1.29, 1.82) is 0 Å². The van der Waals surface area contributed by atoms with Crippen molar-refractivity contribution in [3.63, 3.8) is 0 Å². The van der Waals surface area contributed by atoms with Crippen LogP contribution in [0.5, 0.6) is 5.75 Å². The van der Waals surface area contributed by atoms with Gasteiger partial charge in [0.05, 0.1) is 7.11 Å². The highest BCUT2D eigenvalue weighted by molar-refractivity contribution is 5.92. The lowest BCUT2D eigenvalue weighted by Crippen LogP contribution is -2.01. The molecule has 4 aromatic rings. The quantitative estimate of drug-likeness (QED) is 0.323. The van der Waals surface area contributed by atoms with Gasteiger partial charge >= 0.3 is 0 Å². The van der Waals surface area contributed by atoms with Gasteiger partial charge in [-0.1, -0.05) is 68.3 Å². The summed E-state index contributed by atoms with van der Waals surface area (Å²) < 4.78 is 8.10. The summed E-state index contributed by atoms with van der Waals surface area (Å²) in [6.07, 6.45) is 4.71. The Hall–Kier alpha value is -2.74. The van der Waals surface area contributed by atoms with Gasteiger partial charge in [0.2, 0.25) is 0 Å². The minimum atomic E-state index is 0.942. The fraction of sp³-hybridized carbons (Fsp3) is 0.308. The molecule has 0 saturated heterocycles. The SMILES string of the molecule is CCCCCn1c(C)c(Cc2ccc(OC)c3ccccc23)c2ccccc21. The van der Waals surface area contributed by atoms with Crippen LogP contribution in [0.1, 0.15) is 43.0 Å². The molecule has 28 heavy (non-hydrogen) atoms. The second-order valence-electron chi connectivity index (χ2n) is 7.59. The van der Waals surface area contributed by atoms with Gasteiger partial charge in [-0.05, 0) is 42.0 Å². The first-order valence-corrected chi connectivity index (χ1v) is 10.4. The Morgan fingerprint density at radius 1 is 0.821 bits per heavy atom. The van der Waals surface area contributed by atoms with E-state index in [-0.39, 0.29) is 0 Å². The summed E-state index contributed by atoms with van der Waals surface area (Å²) in [5.74, 6) is 0.943. The molecule has 2 nitrogen and oxygen atoms in total. The van der Waals surface area contributed by atoms with Crippen LogP contribution in [-0.2, 0) is 13.0 Å². The van der Waals surface area contributed by atoms with E-state index in [9.17, 15) is 0 Å². The van der Waals surface area contributed by atoms with Crippen molar-refractivity contribution in [2.45, 2.75) is 46.1 Å². The number of fused-ring (bicyclic) bond motifs is 2. The number of aromatic nitrogens is 1. The molecule has 0 radical (unpaired) electrons. The number of rotatable bonds is 7. The molecular formula is C26H29NO. The van der Waals surface area contributed by atoms with E-state index < -0.39 is 0 Å². The standard InChI is InChI=1S/C26H29NO/c1-4-5-10-17-27-19(2)24(22-12-8-9-14-25(22)27)18-20-15-16-26(28-3)23-13-7-6-11-21(20)23/h6-9,11-16H,4-5,10,17-18H2,1-3H3. The fourth-order valence-electron chi connectivity index (χ4n) is 4.39. The summed E-state index contributed by atoms with van der Waals surface area (Å²) in [6.45, 7) is 5.65. The van der Waals surface area contributed by atoms with Crippen LogP contribution in [0.4, 0.5) is 0 Å². The number of unbranched alkanes of at least 4 members (excludes halogenated alkanes) is 2. The average Bonchev–Trinajstić information content (AvgIpc) is 3.00. The van der Waals surface area contributed by atoms with Gasteiger partial charge in [0.25, 0.3) is 0 Å². The molecule has 0 aliphatic carbocycles. The molecule has 2 heteroatoms. The van der Waals surface area contributed by atoms with Gasteiger partial charge in [-0.3, -0.25) is 0 Å². The number of methoxy groups -OCH3 is 1. The maximum Gasteiger partial charge on any atom is 0.126 e. The highest BCUT2D eigenvalue weighted by Crippen LogP contribution is 2.33. The zero-order valence-electron chi connectivity index (χ0n) is 17.2. The fourth-order valence-corrected chi connectivity index (χ4v) is 4.39. The molecule has 0 N–H and O–H groups in total. The molecule has 1 heterocycles. The Morgan fingerprint density at radius 2 is 1.54 bits per heavy atom. The summed E-state index contributed by atoms with van der Waals surface area (Å²) in [5.41, 5.74) is 5.57. The Bertz CT molecular complexity index is 1110. The molecule has 0 atom stereocenters. The first kappa shape index (κ1) is 18.6. The van der Waals surface area contributed by atoms with Gasteiger partial charge in [-0.2, -0.15) is 0 Å². The van der Waals surface area contributed by atoms with Gasteiger partial charge in [0.1, 0.15) is 5.75 Å². The summed E-state index contributed by atoms with van der Waals surface area (Å²) in [4.78, 5) is 0. The van der Waals surface area contributed by atoms with Crippen LogP contribution >= 0.6 is 0 Å². The lowest BCUT2D eigenvalue weighted by atomic mass is 9.96. The molecule has 144 valence electrons. The summed E-state index contributed by atoms with van der Waals surface area (Å²) in [5, 5.41) is 3.85. The third-order valence-corrected chi connectivity index (χ3v) is 5.91. The van der Waals surface area contributed by atoms with Crippen molar-refractivity contribution in [3.05, 3.63) is 77.5 Å². The highest BCUT2D eigenvalue weighted by atomic mass is 16.5. The number of hydrogen-bond donors (Lipinski definition) is 0. The van der Waals surface area contributed by atoms with Crippen molar-refractivity contribution in [2.75, 3.05) is 7.11 Å². The average molecular weight is 372 g/mol. The van der Waals surface area contributed by atoms with Crippen molar-refractivity contribution in [1.82, 2.24) is 4.57 Å². The number of hydrogen-bond acceptors (Lipinski definition) is 1. The van der Waals surface area contributed by atoms with E-state index in [1.165, 1.54) is 57.8 Å². The molecule has 0 aliphatic rings. The van der Waals surface area contributed by atoms with Crippen molar-refractivity contribution < 1.29 is 4.74 Å². The molecule has 0 amide bonds. The predicted molar refractivity (Wildman–Crippen MR) is 120 cm³/mol. The number of para-hydroxylation sites is 1. The maximum atomic E-state index is 5.58. The zero-order chi connectivity index (χ0) is 19.5. The van der Waals surface area contributed by atoms with Crippen LogP contribution in [-0.4, -0.2) is 11.7 Å². The highest BCUT2D eigenvalue weighted by Gasteiger charge is 2.15. The van der Waals surface area contributed by atoms with Crippen LogP contribution in [0.25, 0.3) is 21.7 Å². The Morgan fingerprint density at radius 3 is 2.29 bits per heavy atom. The molecule has 4 rings (SSSR count). The molecule has 3 aromatic carbocycles. The van der Waals surface area contributed by atoms with Gasteiger partial charge in [-0.25, -0.2) is 0 Å². The third-order valence-electron chi connectivity index (χ3n) is 5.91. The third kappa shape index (κ3) is 3.28. The Labute approximate surface area is 167 Å². The summed E-state index contributed by atoms with van der Waals surface area (Å²) in [6, 6.07) is 21.8. The largest absolute Gasteiger partial charge is 0.496 e. The van der Waals surface area contributed by atoms with Crippen molar-refractivity contribution in [2.24, 2.45) is 0 Å². The van der Waals surface area contributed by atoms with Crippen LogP contribution in [0, 0.1) is 6.92 Å². The maximum absolute atomic E-state index is 5.58. The number of nitrogens with zero attached hydrogens (tertiary/aromatic N) is 1. The zero-order valence-corrected chi connectivity index (χ0v) is 17.2. The second-order valence-corrected chi connectivity index (χ2v) is 7.59. The first-order valence-electron chi connectivity index (χ1n) is 10.4. The molecule has 0 unspecified atom stereocenters. The molecule has 0 aliphatic heterocycles. The molecule has 0 bridgehead atoms. The molecule has 0 saturated carbocycles. The minimum absolute atomic E-state index is 0.942. The smallest absolute Gasteiger partial charge is 0.126 e. The molecule has 1 aromatic heterocycles. The van der Waals surface area contributed by atoms with E-state index in [1.54, 1.807) is 7.11 Å². The van der Waals surface area contributed by atoms with E-state index >= 15 is 0 Å². The van der Waals surface area contributed by atoms with Crippen molar-refractivity contribution >= 4 is 21.7 Å². The van der Waals surface area contributed by atoms with E-state index in [2.05, 4.69) is 79.1 Å². The van der Waals surface area contributed by atoms with Crippen LogP contribution in [0.15, 0.2) is 60.7 Å². The lowest BCUT2D eigenvalue weighted by molar-refractivity contribution is 0.419. The summed E-state index contributed by atoms with van der Waals surface area (Å²) >= 11 is 0. The first-order chi connectivity index (χ1) is 13.7. The van der Waals surface area contributed by atoms with Crippen LogP contribution in [0.3, 0.4) is 0 Å². The van der Waals surface area contributed by atoms with E-state index in [0.29, 0.717) is 0 Å². The normalized spacial score (nSPS) is 11.4. The molecular weight excluding hydrogens is 342 g/mol. The molecule has 0 spiro atoms. The predicted octanol–water partition coefficient (Wildman–Crippen LogP) is 6.89. The van der Waals surface area contributed by atoms with E-state index in [0.717, 1.165) is 18.7 Å². The van der Waals surface area contributed by atoms with Crippen molar-refractivity contribution in [3.8, 4) is 5.75 Å².